The minimum atomic E-state index is -0.847. The molecular formula is C14H20N2O4. The average molecular weight is 280 g/mol. The van der Waals surface area contributed by atoms with Crippen LogP contribution in [0.15, 0.2) is 30.3 Å². The predicted octanol–water partition coefficient (Wildman–Crippen LogP) is -0.0542. The Kier molecular flexibility index (Phi) is 7.31. The summed E-state index contributed by atoms with van der Waals surface area (Å²) in [6, 6.07) is 9.35. The monoisotopic (exact) mass is 280 g/mol. The summed E-state index contributed by atoms with van der Waals surface area (Å²) in [5, 5.41) is 11.7. The number of nitrogens with one attached hydrogen (secondary N) is 1. The van der Waals surface area contributed by atoms with Crippen LogP contribution in [0.1, 0.15) is 18.4 Å². The van der Waals surface area contributed by atoms with E-state index in [0.717, 1.165) is 5.56 Å². The molecule has 6 nitrogen and oxygen atoms in total. The lowest BCUT2D eigenvalue weighted by Gasteiger charge is -2.08. The smallest absolute Gasteiger partial charge is 0.307 e. The molecule has 0 spiro atoms. The van der Waals surface area contributed by atoms with Gasteiger partial charge in [0.05, 0.1) is 18.9 Å². The van der Waals surface area contributed by atoms with Gasteiger partial charge >= 0.3 is 5.97 Å². The summed E-state index contributed by atoms with van der Waals surface area (Å²) < 4.78 is 5.05. The number of aliphatic hydroxyl groups excluding tert-OH is 1. The molecule has 4 N–H and O–H groups in total. The third-order valence-corrected chi connectivity index (χ3v) is 2.59. The molecule has 110 valence electrons. The topological polar surface area (TPSA) is 102 Å². The van der Waals surface area contributed by atoms with Gasteiger partial charge in [-0.2, -0.15) is 0 Å². The minimum absolute atomic E-state index is 0.0343. The maximum Gasteiger partial charge on any atom is 0.307 e. The number of rotatable bonds is 8. The Hall–Kier alpha value is -1.92. The van der Waals surface area contributed by atoms with Crippen molar-refractivity contribution in [1.82, 2.24) is 5.32 Å². The van der Waals surface area contributed by atoms with Gasteiger partial charge in [0, 0.05) is 13.1 Å². The van der Waals surface area contributed by atoms with Crippen molar-refractivity contribution in [3.8, 4) is 0 Å². The molecule has 0 heterocycles. The van der Waals surface area contributed by atoms with E-state index in [0.29, 0.717) is 0 Å². The lowest BCUT2D eigenvalue weighted by molar-refractivity contribution is -0.144. The molecule has 0 radical (unpaired) electrons. The summed E-state index contributed by atoms with van der Waals surface area (Å²) in [6.45, 7) is 0.440. The summed E-state index contributed by atoms with van der Waals surface area (Å²) in [4.78, 5) is 22.7. The van der Waals surface area contributed by atoms with E-state index in [1.807, 2.05) is 30.3 Å². The SMILES string of the molecule is NC[C@@H](O)CC(=O)NCCC(=O)OCc1ccccc1. The number of carbonyl (C=O) groups excluding carboxylic acids is 2. The molecule has 0 saturated heterocycles. The van der Waals surface area contributed by atoms with Gasteiger partial charge in [0.2, 0.25) is 5.91 Å². The van der Waals surface area contributed by atoms with Crippen LogP contribution in [-0.2, 0) is 20.9 Å². The molecule has 6 heteroatoms. The molecule has 0 aliphatic heterocycles. The molecule has 1 amide bonds. The van der Waals surface area contributed by atoms with Crippen molar-refractivity contribution >= 4 is 11.9 Å². The first-order chi connectivity index (χ1) is 9.61. The van der Waals surface area contributed by atoms with Crippen LogP contribution in [0.3, 0.4) is 0 Å². The van der Waals surface area contributed by atoms with Crippen LogP contribution >= 0.6 is 0 Å². The second-order valence-electron chi connectivity index (χ2n) is 4.34. The van der Waals surface area contributed by atoms with Crippen molar-refractivity contribution < 1.29 is 19.4 Å². The van der Waals surface area contributed by atoms with Crippen LogP contribution in [0.4, 0.5) is 0 Å². The van der Waals surface area contributed by atoms with Gasteiger partial charge in [-0.15, -0.1) is 0 Å². The molecule has 0 fully saturated rings. The second-order valence-corrected chi connectivity index (χ2v) is 4.34. The van der Waals surface area contributed by atoms with Gasteiger partial charge in [-0.05, 0) is 5.56 Å². The Bertz CT molecular complexity index is 422. The molecule has 1 aromatic rings. The van der Waals surface area contributed by atoms with Crippen LogP contribution in [0.5, 0.6) is 0 Å². The van der Waals surface area contributed by atoms with Gasteiger partial charge in [0.25, 0.3) is 0 Å². The molecule has 1 rings (SSSR count). The van der Waals surface area contributed by atoms with Crippen molar-refractivity contribution in [2.75, 3.05) is 13.1 Å². The number of ether oxygens (including phenoxy) is 1. The molecule has 0 aliphatic carbocycles. The fraction of sp³-hybridized carbons (Fsp3) is 0.429. The molecule has 1 aromatic carbocycles. The Labute approximate surface area is 117 Å². The lowest BCUT2D eigenvalue weighted by Crippen LogP contribution is -2.32. The fourth-order valence-corrected chi connectivity index (χ4v) is 1.48. The fourth-order valence-electron chi connectivity index (χ4n) is 1.48. The third kappa shape index (κ3) is 6.86. The van der Waals surface area contributed by atoms with E-state index < -0.39 is 6.10 Å². The zero-order chi connectivity index (χ0) is 14.8. The summed E-state index contributed by atoms with van der Waals surface area (Å²) >= 11 is 0. The Morgan fingerprint density at radius 3 is 2.65 bits per heavy atom. The number of aliphatic hydroxyl groups is 1. The first kappa shape index (κ1) is 16.1. The number of hydrogen-bond donors (Lipinski definition) is 3. The van der Waals surface area contributed by atoms with Crippen molar-refractivity contribution in [2.45, 2.75) is 25.6 Å². The van der Waals surface area contributed by atoms with Crippen LogP contribution in [-0.4, -0.2) is 36.2 Å². The van der Waals surface area contributed by atoms with E-state index in [4.69, 9.17) is 15.6 Å². The number of esters is 1. The number of hydrogen-bond acceptors (Lipinski definition) is 5. The van der Waals surface area contributed by atoms with E-state index in [9.17, 15) is 9.59 Å². The zero-order valence-electron chi connectivity index (χ0n) is 11.2. The minimum Gasteiger partial charge on any atom is -0.461 e. The predicted molar refractivity (Wildman–Crippen MR) is 73.5 cm³/mol. The van der Waals surface area contributed by atoms with Crippen LogP contribution in [0.25, 0.3) is 0 Å². The standard InChI is InChI=1S/C14H20N2O4/c15-9-12(17)8-13(18)16-7-6-14(19)20-10-11-4-2-1-3-5-11/h1-5,12,17H,6-10,15H2,(H,16,18)/t12-/m0/s1. The highest BCUT2D eigenvalue weighted by atomic mass is 16.5. The van der Waals surface area contributed by atoms with Gasteiger partial charge in [0.1, 0.15) is 6.61 Å². The van der Waals surface area contributed by atoms with Crippen molar-refractivity contribution in [3.63, 3.8) is 0 Å². The number of benzene rings is 1. The molecule has 0 bridgehead atoms. The normalized spacial score (nSPS) is 11.7. The molecule has 0 unspecified atom stereocenters. The molecule has 20 heavy (non-hydrogen) atoms. The summed E-state index contributed by atoms with van der Waals surface area (Å²) in [6.07, 6.45) is -0.813. The van der Waals surface area contributed by atoms with Crippen LogP contribution in [0.2, 0.25) is 0 Å². The van der Waals surface area contributed by atoms with Gasteiger partial charge in [-0.25, -0.2) is 0 Å². The summed E-state index contributed by atoms with van der Waals surface area (Å²) in [5.41, 5.74) is 6.10. The first-order valence-corrected chi connectivity index (χ1v) is 6.46. The van der Waals surface area contributed by atoms with Crippen LogP contribution < -0.4 is 11.1 Å². The highest BCUT2D eigenvalue weighted by Crippen LogP contribution is 2.01. The van der Waals surface area contributed by atoms with Gasteiger partial charge < -0.3 is 20.9 Å². The van der Waals surface area contributed by atoms with Crippen molar-refractivity contribution in [2.24, 2.45) is 5.73 Å². The summed E-state index contributed by atoms with van der Waals surface area (Å²) in [7, 11) is 0. The van der Waals surface area contributed by atoms with Gasteiger partial charge in [0.15, 0.2) is 0 Å². The van der Waals surface area contributed by atoms with E-state index >= 15 is 0 Å². The number of nitrogens with two attached hydrogens (primary N) is 1. The van der Waals surface area contributed by atoms with E-state index in [1.165, 1.54) is 0 Å². The van der Waals surface area contributed by atoms with Gasteiger partial charge in [-0.1, -0.05) is 30.3 Å². The maximum atomic E-state index is 11.4. The molecule has 0 aliphatic rings. The molecule has 0 aromatic heterocycles. The largest absolute Gasteiger partial charge is 0.461 e. The quantitative estimate of drug-likeness (QED) is 0.579. The van der Waals surface area contributed by atoms with Crippen molar-refractivity contribution in [1.29, 1.82) is 0 Å². The lowest BCUT2D eigenvalue weighted by atomic mass is 10.2. The number of carbonyl (C=O) groups is 2. The highest BCUT2D eigenvalue weighted by molar-refractivity contribution is 5.77. The Morgan fingerprint density at radius 1 is 1.30 bits per heavy atom. The summed E-state index contributed by atoms with van der Waals surface area (Å²) in [5.74, 6) is -0.715. The average Bonchev–Trinajstić information content (AvgIpc) is 2.46. The third-order valence-electron chi connectivity index (χ3n) is 2.59. The van der Waals surface area contributed by atoms with E-state index in [2.05, 4.69) is 5.32 Å². The second kappa shape index (κ2) is 9.06. The highest BCUT2D eigenvalue weighted by Gasteiger charge is 2.09. The van der Waals surface area contributed by atoms with Crippen LogP contribution in [0, 0.1) is 0 Å². The Balaban J connectivity index is 2.13. The molecular weight excluding hydrogens is 260 g/mol. The maximum absolute atomic E-state index is 11.4. The Morgan fingerprint density at radius 2 is 2.00 bits per heavy atom. The van der Waals surface area contributed by atoms with E-state index in [-0.39, 0.29) is 44.4 Å². The van der Waals surface area contributed by atoms with Gasteiger partial charge in [-0.3, -0.25) is 9.59 Å². The molecule has 1 atom stereocenters. The van der Waals surface area contributed by atoms with Crippen molar-refractivity contribution in [3.05, 3.63) is 35.9 Å². The number of amides is 1. The first-order valence-electron chi connectivity index (χ1n) is 6.46. The zero-order valence-corrected chi connectivity index (χ0v) is 11.2. The molecule has 0 saturated carbocycles. The van der Waals surface area contributed by atoms with E-state index in [1.54, 1.807) is 0 Å².